The van der Waals surface area contributed by atoms with Gasteiger partial charge in [0.15, 0.2) is 0 Å². The highest BCUT2D eigenvalue weighted by atomic mass is 15.1. The average molecular weight is 271 g/mol. The maximum atomic E-state index is 8.79. The Morgan fingerprint density at radius 1 is 1.20 bits per heavy atom. The minimum Gasteiger partial charge on any atom is -0.310 e. The van der Waals surface area contributed by atoms with Crippen LogP contribution < -0.4 is 5.32 Å². The van der Waals surface area contributed by atoms with Crippen LogP contribution >= 0.6 is 0 Å². The van der Waals surface area contributed by atoms with Gasteiger partial charge in [0.05, 0.1) is 11.6 Å². The van der Waals surface area contributed by atoms with Gasteiger partial charge in [-0.15, -0.1) is 0 Å². The van der Waals surface area contributed by atoms with Crippen LogP contribution in [0.25, 0.3) is 0 Å². The second-order valence-electron chi connectivity index (χ2n) is 5.67. The zero-order chi connectivity index (χ0) is 14.2. The lowest BCUT2D eigenvalue weighted by Gasteiger charge is -2.26. The first kappa shape index (κ1) is 15.0. The van der Waals surface area contributed by atoms with Gasteiger partial charge in [-0.2, -0.15) is 5.26 Å². The summed E-state index contributed by atoms with van der Waals surface area (Å²) in [4.78, 5) is 2.58. The van der Waals surface area contributed by atoms with Gasteiger partial charge in [0.25, 0.3) is 0 Å². The molecule has 3 heteroatoms. The van der Waals surface area contributed by atoms with E-state index in [-0.39, 0.29) is 0 Å². The Balaban J connectivity index is 1.66. The third-order valence-electron chi connectivity index (χ3n) is 4.09. The first-order valence-corrected chi connectivity index (χ1v) is 7.75. The van der Waals surface area contributed by atoms with Crippen LogP contribution in [0.1, 0.15) is 49.8 Å². The van der Waals surface area contributed by atoms with Crippen LogP contribution in [0.5, 0.6) is 0 Å². The molecule has 0 aliphatic carbocycles. The van der Waals surface area contributed by atoms with Crippen LogP contribution in [0, 0.1) is 11.3 Å². The molecular formula is C17H25N3. The first-order chi connectivity index (χ1) is 9.79. The molecule has 0 radical (unpaired) electrons. The predicted octanol–water partition coefficient (Wildman–Crippen LogP) is 3.08. The quantitative estimate of drug-likeness (QED) is 0.808. The lowest BCUT2D eigenvalue weighted by atomic mass is 10.1. The molecule has 1 unspecified atom stereocenters. The van der Waals surface area contributed by atoms with Gasteiger partial charge in [-0.05, 0) is 70.1 Å². The number of nitrogens with zero attached hydrogens (tertiary/aromatic N) is 2. The molecule has 1 aromatic carbocycles. The second-order valence-corrected chi connectivity index (χ2v) is 5.67. The zero-order valence-corrected chi connectivity index (χ0v) is 12.4. The molecule has 1 heterocycles. The van der Waals surface area contributed by atoms with E-state index in [1.807, 2.05) is 24.3 Å². The minimum absolute atomic E-state index is 0.351. The number of rotatable bonds is 6. The molecule has 0 aromatic heterocycles. The van der Waals surface area contributed by atoms with Crippen molar-refractivity contribution in [3.63, 3.8) is 0 Å². The van der Waals surface area contributed by atoms with Gasteiger partial charge in [0, 0.05) is 6.04 Å². The summed E-state index contributed by atoms with van der Waals surface area (Å²) in [5.74, 6) is 0. The van der Waals surface area contributed by atoms with Crippen molar-refractivity contribution in [2.24, 2.45) is 0 Å². The highest BCUT2D eigenvalue weighted by Gasteiger charge is 2.09. The summed E-state index contributed by atoms with van der Waals surface area (Å²) in [6, 6.07) is 10.4. The van der Waals surface area contributed by atoms with Crippen LogP contribution in [0.15, 0.2) is 24.3 Å². The third kappa shape index (κ3) is 4.63. The summed E-state index contributed by atoms with van der Waals surface area (Å²) in [6.07, 6.45) is 5.36. The Labute approximate surface area is 122 Å². The molecule has 0 saturated carbocycles. The minimum atomic E-state index is 0.351. The summed E-state index contributed by atoms with van der Waals surface area (Å²) in [5, 5.41) is 12.4. The molecule has 0 spiro atoms. The molecule has 1 fully saturated rings. The fraction of sp³-hybridized carbons (Fsp3) is 0.588. The fourth-order valence-corrected chi connectivity index (χ4v) is 2.77. The van der Waals surface area contributed by atoms with Crippen molar-refractivity contribution in [1.29, 1.82) is 5.26 Å². The van der Waals surface area contributed by atoms with Crippen LogP contribution in [0.2, 0.25) is 0 Å². The number of hydrogen-bond donors (Lipinski definition) is 1. The Morgan fingerprint density at radius 3 is 2.55 bits per heavy atom. The SMILES string of the molecule is CC(NCCCN1CCCCC1)c1ccc(C#N)cc1. The monoisotopic (exact) mass is 271 g/mol. The highest BCUT2D eigenvalue weighted by Crippen LogP contribution is 2.13. The number of piperidine rings is 1. The largest absolute Gasteiger partial charge is 0.310 e. The van der Waals surface area contributed by atoms with Gasteiger partial charge >= 0.3 is 0 Å². The summed E-state index contributed by atoms with van der Waals surface area (Å²) in [5.41, 5.74) is 1.98. The smallest absolute Gasteiger partial charge is 0.0991 e. The number of nitrogens with one attached hydrogen (secondary N) is 1. The van der Waals surface area contributed by atoms with E-state index >= 15 is 0 Å². The number of hydrogen-bond acceptors (Lipinski definition) is 3. The van der Waals surface area contributed by atoms with Crippen molar-refractivity contribution in [3.05, 3.63) is 35.4 Å². The first-order valence-electron chi connectivity index (χ1n) is 7.75. The molecule has 20 heavy (non-hydrogen) atoms. The van der Waals surface area contributed by atoms with E-state index in [2.05, 4.69) is 23.2 Å². The van der Waals surface area contributed by atoms with Crippen LogP contribution in [-0.4, -0.2) is 31.1 Å². The summed E-state index contributed by atoms with van der Waals surface area (Å²) < 4.78 is 0. The van der Waals surface area contributed by atoms with Crippen LogP contribution in [0.3, 0.4) is 0 Å². The highest BCUT2D eigenvalue weighted by molar-refractivity contribution is 5.32. The topological polar surface area (TPSA) is 39.1 Å². The van der Waals surface area contributed by atoms with E-state index in [0.717, 1.165) is 12.1 Å². The summed E-state index contributed by atoms with van der Waals surface area (Å²) in [6.45, 7) is 7.02. The van der Waals surface area contributed by atoms with Gasteiger partial charge in [0.2, 0.25) is 0 Å². The van der Waals surface area contributed by atoms with Crippen LogP contribution in [-0.2, 0) is 0 Å². The Bertz CT molecular complexity index is 427. The molecular weight excluding hydrogens is 246 g/mol. The van der Waals surface area contributed by atoms with Crippen molar-refractivity contribution in [1.82, 2.24) is 10.2 Å². The van der Waals surface area contributed by atoms with Crippen molar-refractivity contribution in [2.45, 2.75) is 38.6 Å². The molecule has 2 rings (SSSR count). The van der Waals surface area contributed by atoms with E-state index in [1.54, 1.807) is 0 Å². The van der Waals surface area contributed by atoms with Crippen molar-refractivity contribution in [3.8, 4) is 6.07 Å². The molecule has 1 saturated heterocycles. The molecule has 108 valence electrons. The molecule has 1 aliphatic heterocycles. The second kappa shape index (κ2) is 8.04. The van der Waals surface area contributed by atoms with Gasteiger partial charge < -0.3 is 10.2 Å². The number of nitriles is 1. The van der Waals surface area contributed by atoms with Crippen molar-refractivity contribution < 1.29 is 0 Å². The maximum Gasteiger partial charge on any atom is 0.0991 e. The van der Waals surface area contributed by atoms with Gasteiger partial charge in [-0.3, -0.25) is 0 Å². The fourth-order valence-electron chi connectivity index (χ4n) is 2.77. The van der Waals surface area contributed by atoms with Crippen molar-refractivity contribution in [2.75, 3.05) is 26.2 Å². The maximum absolute atomic E-state index is 8.79. The molecule has 1 N–H and O–H groups in total. The molecule has 0 amide bonds. The average Bonchev–Trinajstić information content (AvgIpc) is 2.52. The van der Waals surface area contributed by atoms with Gasteiger partial charge in [-0.25, -0.2) is 0 Å². The number of likely N-dealkylation sites (tertiary alicyclic amines) is 1. The molecule has 1 atom stereocenters. The Morgan fingerprint density at radius 2 is 1.90 bits per heavy atom. The standard InChI is InChI=1S/C17H25N3/c1-15(17-8-6-16(14-18)7-9-17)19-10-5-13-20-11-3-2-4-12-20/h6-9,15,19H,2-5,10-13H2,1H3. The Kier molecular flexibility index (Phi) is 6.04. The van der Waals surface area contributed by atoms with E-state index in [9.17, 15) is 0 Å². The normalized spacial score (nSPS) is 17.6. The molecule has 0 bridgehead atoms. The number of benzene rings is 1. The van der Waals surface area contributed by atoms with E-state index in [1.165, 1.54) is 50.9 Å². The van der Waals surface area contributed by atoms with Crippen LogP contribution in [0.4, 0.5) is 0 Å². The van der Waals surface area contributed by atoms with E-state index in [0.29, 0.717) is 6.04 Å². The Hall–Kier alpha value is -1.37. The predicted molar refractivity (Wildman–Crippen MR) is 82.5 cm³/mol. The van der Waals surface area contributed by atoms with E-state index in [4.69, 9.17) is 5.26 Å². The van der Waals surface area contributed by atoms with Crippen molar-refractivity contribution >= 4 is 0 Å². The summed E-state index contributed by atoms with van der Waals surface area (Å²) >= 11 is 0. The third-order valence-corrected chi connectivity index (χ3v) is 4.09. The van der Waals surface area contributed by atoms with Gasteiger partial charge in [-0.1, -0.05) is 18.6 Å². The lowest BCUT2D eigenvalue weighted by molar-refractivity contribution is 0.225. The van der Waals surface area contributed by atoms with E-state index < -0.39 is 0 Å². The molecule has 1 aromatic rings. The zero-order valence-electron chi connectivity index (χ0n) is 12.4. The molecule has 3 nitrogen and oxygen atoms in total. The molecule has 1 aliphatic rings. The lowest BCUT2D eigenvalue weighted by Crippen LogP contribution is -2.32. The van der Waals surface area contributed by atoms with Gasteiger partial charge in [0.1, 0.15) is 0 Å². The summed E-state index contributed by atoms with van der Waals surface area (Å²) in [7, 11) is 0.